The minimum Gasteiger partial charge on any atom is -0.292 e. The number of carbonyl (C=O) groups is 4. The van der Waals surface area contributed by atoms with Gasteiger partial charge in [-0.2, -0.15) is 5.01 Å². The molecule has 38 heavy (non-hydrogen) atoms. The van der Waals surface area contributed by atoms with Crippen molar-refractivity contribution in [3.05, 3.63) is 81.6 Å². The third kappa shape index (κ3) is 3.90. The van der Waals surface area contributed by atoms with Crippen molar-refractivity contribution in [2.75, 3.05) is 5.88 Å². The van der Waals surface area contributed by atoms with Gasteiger partial charge in [0.05, 0.1) is 21.9 Å². The van der Waals surface area contributed by atoms with Gasteiger partial charge in [0.1, 0.15) is 11.9 Å². The first-order valence-corrected chi connectivity index (χ1v) is 13.7. The Hall–Kier alpha value is -2.74. The average Bonchev–Trinajstić information content (AvgIpc) is 3.69. The molecule has 0 radical (unpaired) electrons. The molecule has 7 rings (SSSR count). The van der Waals surface area contributed by atoms with E-state index in [1.165, 1.54) is 30.3 Å². The van der Waals surface area contributed by atoms with Gasteiger partial charge in [0.25, 0.3) is 17.7 Å². The van der Waals surface area contributed by atoms with Gasteiger partial charge in [-0.25, -0.2) is 9.40 Å². The number of ketones is 1. The van der Waals surface area contributed by atoms with Crippen LogP contribution in [0.5, 0.6) is 0 Å². The molecule has 5 aliphatic rings. The van der Waals surface area contributed by atoms with Crippen LogP contribution in [0.1, 0.15) is 33.6 Å². The van der Waals surface area contributed by atoms with Crippen LogP contribution in [0.25, 0.3) is 0 Å². The van der Waals surface area contributed by atoms with Crippen LogP contribution < -0.4 is 0 Å². The fraction of sp³-hybridized carbons (Fsp3) is 0.357. The number of hydrogen-bond donors (Lipinski definition) is 0. The van der Waals surface area contributed by atoms with Crippen molar-refractivity contribution in [1.82, 2.24) is 10.0 Å². The lowest BCUT2D eigenvalue weighted by Gasteiger charge is -2.37. The summed E-state index contributed by atoms with van der Waals surface area (Å²) in [7, 11) is 0. The molecule has 2 aromatic carbocycles. The first-order valence-electron chi connectivity index (χ1n) is 12.4. The zero-order chi connectivity index (χ0) is 26.9. The number of imide groups is 1. The van der Waals surface area contributed by atoms with Crippen molar-refractivity contribution in [2.24, 2.45) is 35.5 Å². The van der Waals surface area contributed by atoms with Crippen LogP contribution in [-0.4, -0.2) is 45.4 Å². The predicted octanol–water partition coefficient (Wildman–Crippen LogP) is 5.42. The summed E-state index contributed by atoms with van der Waals surface area (Å²) in [4.78, 5) is 55.7. The van der Waals surface area contributed by atoms with Gasteiger partial charge >= 0.3 is 0 Å². The summed E-state index contributed by atoms with van der Waals surface area (Å²) < 4.78 is 13.6. The monoisotopic (exact) mass is 574 g/mol. The smallest absolute Gasteiger partial charge is 0.273 e. The first kappa shape index (κ1) is 25.5. The van der Waals surface area contributed by atoms with Gasteiger partial charge in [0, 0.05) is 17.0 Å². The summed E-state index contributed by atoms with van der Waals surface area (Å²) in [6, 6.07) is 7.74. The Morgan fingerprint density at radius 2 is 1.50 bits per heavy atom. The van der Waals surface area contributed by atoms with E-state index in [0.717, 1.165) is 28.6 Å². The molecule has 0 spiro atoms. The van der Waals surface area contributed by atoms with E-state index in [4.69, 9.17) is 34.8 Å². The fourth-order valence-corrected chi connectivity index (χ4v) is 7.07. The molecule has 1 saturated heterocycles. The molecule has 2 saturated carbocycles. The maximum atomic E-state index is 14.1. The number of Topliss-reactive ketones (excluding diaryl/α,β-unsaturated/α-hetero) is 1. The number of nitrogens with zero attached hydrogens (tertiary/aromatic N) is 2. The molecule has 0 aromatic heterocycles. The summed E-state index contributed by atoms with van der Waals surface area (Å²) >= 11 is 18.3. The molecule has 2 aromatic rings. The van der Waals surface area contributed by atoms with Gasteiger partial charge < -0.3 is 0 Å². The highest BCUT2D eigenvalue weighted by molar-refractivity contribution is 6.42. The predicted molar refractivity (Wildman–Crippen MR) is 139 cm³/mol. The number of carbonyl (C=O) groups excluding carboxylic acids is 4. The third-order valence-electron chi connectivity index (χ3n) is 8.34. The molecule has 10 heteroatoms. The Labute approximate surface area is 233 Å². The number of allylic oxidation sites excluding steroid dienone is 2. The summed E-state index contributed by atoms with van der Waals surface area (Å²) in [5.41, 5.74) is 0.165. The highest BCUT2D eigenvalue weighted by Crippen LogP contribution is 2.65. The van der Waals surface area contributed by atoms with Crippen LogP contribution in [0.2, 0.25) is 10.0 Å². The second kappa shape index (κ2) is 9.47. The lowest BCUT2D eigenvalue weighted by molar-refractivity contribution is -0.157. The van der Waals surface area contributed by atoms with E-state index in [2.05, 4.69) is 0 Å². The lowest BCUT2D eigenvalue weighted by Crippen LogP contribution is -2.57. The van der Waals surface area contributed by atoms with Crippen molar-refractivity contribution >= 4 is 58.3 Å². The van der Waals surface area contributed by atoms with Crippen LogP contribution in [0.4, 0.5) is 4.39 Å². The number of amides is 3. The lowest BCUT2D eigenvalue weighted by atomic mass is 9.63. The van der Waals surface area contributed by atoms with Crippen molar-refractivity contribution in [3.8, 4) is 0 Å². The minimum absolute atomic E-state index is 0.0389. The molecule has 1 heterocycles. The maximum absolute atomic E-state index is 14.1. The van der Waals surface area contributed by atoms with Crippen molar-refractivity contribution in [2.45, 2.75) is 18.9 Å². The van der Waals surface area contributed by atoms with E-state index in [1.807, 2.05) is 12.2 Å². The molecular formula is C28H22Cl3FN2O4. The van der Waals surface area contributed by atoms with E-state index in [0.29, 0.717) is 11.8 Å². The number of hydrogen-bond acceptors (Lipinski definition) is 4. The van der Waals surface area contributed by atoms with Crippen LogP contribution >= 0.6 is 34.8 Å². The van der Waals surface area contributed by atoms with Crippen LogP contribution in [0.3, 0.4) is 0 Å². The zero-order valence-corrected chi connectivity index (χ0v) is 22.2. The first-order chi connectivity index (χ1) is 18.2. The Morgan fingerprint density at radius 1 is 0.921 bits per heavy atom. The van der Waals surface area contributed by atoms with Crippen molar-refractivity contribution < 1.29 is 23.6 Å². The van der Waals surface area contributed by atoms with Gasteiger partial charge in [0.2, 0.25) is 0 Å². The Balaban J connectivity index is 1.45. The molecule has 0 unspecified atom stereocenters. The van der Waals surface area contributed by atoms with Gasteiger partial charge in [-0.15, -0.1) is 11.6 Å². The molecule has 1 aliphatic heterocycles. The van der Waals surface area contributed by atoms with E-state index in [-0.39, 0.29) is 45.3 Å². The third-order valence-corrected chi connectivity index (χ3v) is 9.30. The highest BCUT2D eigenvalue weighted by atomic mass is 35.5. The van der Waals surface area contributed by atoms with Crippen molar-refractivity contribution in [3.63, 3.8) is 0 Å². The summed E-state index contributed by atoms with van der Waals surface area (Å²) in [5, 5.41) is 2.14. The number of hydrazine groups is 1. The summed E-state index contributed by atoms with van der Waals surface area (Å²) in [6.07, 6.45) is 4.99. The molecule has 196 valence electrons. The van der Waals surface area contributed by atoms with Gasteiger partial charge in [-0.3, -0.25) is 19.2 Å². The quantitative estimate of drug-likeness (QED) is 0.191. The fourth-order valence-electron chi connectivity index (χ4n) is 6.56. The van der Waals surface area contributed by atoms with Crippen LogP contribution in [-0.2, 0) is 9.59 Å². The second-order valence-electron chi connectivity index (χ2n) is 10.3. The normalized spacial score (nSPS) is 29.2. The number of halogens is 4. The molecular weight excluding hydrogens is 554 g/mol. The summed E-state index contributed by atoms with van der Waals surface area (Å²) in [6.45, 7) is 0. The van der Waals surface area contributed by atoms with Gasteiger partial charge in [-0.05, 0) is 79.0 Å². The van der Waals surface area contributed by atoms with Crippen LogP contribution in [0, 0.1) is 41.3 Å². The molecule has 7 atom stereocenters. The molecule has 3 amide bonds. The summed E-state index contributed by atoms with van der Waals surface area (Å²) in [5.74, 6) is -3.48. The number of benzene rings is 2. The molecule has 2 bridgehead atoms. The van der Waals surface area contributed by atoms with E-state index in [9.17, 15) is 23.6 Å². The molecule has 0 N–H and O–H groups in total. The van der Waals surface area contributed by atoms with E-state index in [1.54, 1.807) is 0 Å². The Morgan fingerprint density at radius 3 is 2.05 bits per heavy atom. The van der Waals surface area contributed by atoms with Crippen molar-refractivity contribution in [1.29, 1.82) is 0 Å². The minimum atomic E-state index is -1.30. The Kier molecular flexibility index (Phi) is 6.36. The average molecular weight is 576 g/mol. The largest absolute Gasteiger partial charge is 0.292 e. The molecule has 4 aliphatic carbocycles. The SMILES string of the molecule is O=C(c1ccc(F)cc1)[C@H](CCCl)N(C(=O)c1ccc(Cl)c(Cl)c1)N1C(=O)[C@@H]2[C@H]3C=C[C@@H]([C@@H]4C[C@H]34)[C@H]2C1=O. The van der Waals surface area contributed by atoms with E-state index >= 15 is 0 Å². The molecule has 3 fully saturated rings. The highest BCUT2D eigenvalue weighted by Gasteiger charge is 2.68. The maximum Gasteiger partial charge on any atom is 0.273 e. The number of alkyl halides is 1. The molecule has 6 nitrogen and oxygen atoms in total. The topological polar surface area (TPSA) is 74.8 Å². The van der Waals surface area contributed by atoms with Gasteiger partial charge in [0.15, 0.2) is 5.78 Å². The number of rotatable bonds is 7. The zero-order valence-electron chi connectivity index (χ0n) is 19.9. The Bertz CT molecular complexity index is 1360. The van der Waals surface area contributed by atoms with Gasteiger partial charge in [-0.1, -0.05) is 35.4 Å². The van der Waals surface area contributed by atoms with E-state index < -0.39 is 47.2 Å². The van der Waals surface area contributed by atoms with Crippen LogP contribution in [0.15, 0.2) is 54.6 Å². The second-order valence-corrected chi connectivity index (χ2v) is 11.5. The standard InChI is InChI=1S/C28H22Cl3FN2O4/c29-10-9-22(25(35)13-1-4-15(32)5-2-13)33(26(36)14-3-8-20(30)21(31)11-14)34-27(37)23-16-6-7-17(19-12-18(16)19)24(23)28(34)38/h1-8,11,16-19,22-24H,9-10,12H2/t16-,17-,18-,19+,22-,23+,24+/m0/s1.